The minimum absolute atomic E-state index is 0.0686. The maximum absolute atomic E-state index is 13.3. The lowest BCUT2D eigenvalue weighted by Gasteiger charge is -2.19. The first-order valence-corrected chi connectivity index (χ1v) is 9.20. The van der Waals surface area contributed by atoms with Crippen molar-refractivity contribution in [1.29, 1.82) is 0 Å². The normalized spacial score (nSPS) is 14.8. The van der Waals surface area contributed by atoms with E-state index < -0.39 is 0 Å². The fraction of sp³-hybridized carbons (Fsp3) is 0.318. The first-order chi connectivity index (χ1) is 13.1. The molecule has 0 N–H and O–H groups in total. The molecular formula is C22H22FNO3. The molecule has 0 amide bonds. The van der Waals surface area contributed by atoms with Crippen LogP contribution in [0.3, 0.4) is 0 Å². The van der Waals surface area contributed by atoms with Gasteiger partial charge in [-0.2, -0.15) is 0 Å². The van der Waals surface area contributed by atoms with E-state index >= 15 is 0 Å². The maximum Gasteiger partial charge on any atom is 0.196 e. The Morgan fingerprint density at radius 2 is 1.81 bits per heavy atom. The second-order valence-corrected chi connectivity index (χ2v) is 7.00. The number of hydrogen-bond acceptors (Lipinski definition) is 4. The number of halogens is 1. The Hall–Kier alpha value is -2.66. The molecule has 4 nitrogen and oxygen atoms in total. The highest BCUT2D eigenvalue weighted by atomic mass is 19.1. The molecule has 5 heteroatoms. The molecule has 2 heterocycles. The van der Waals surface area contributed by atoms with Gasteiger partial charge in [0.1, 0.15) is 22.9 Å². The first-order valence-electron chi connectivity index (χ1n) is 9.20. The van der Waals surface area contributed by atoms with Crippen molar-refractivity contribution in [3.63, 3.8) is 0 Å². The number of likely N-dealkylation sites (tertiary alicyclic amines) is 1. The molecule has 140 valence electrons. The van der Waals surface area contributed by atoms with Gasteiger partial charge in [0, 0.05) is 17.7 Å². The van der Waals surface area contributed by atoms with E-state index in [-0.39, 0.29) is 11.2 Å². The average molecular weight is 367 g/mol. The summed E-state index contributed by atoms with van der Waals surface area (Å²) < 4.78 is 25.1. The molecule has 1 aromatic heterocycles. The number of hydrogen-bond donors (Lipinski definition) is 0. The second-order valence-electron chi connectivity index (χ2n) is 7.00. The van der Waals surface area contributed by atoms with Crippen molar-refractivity contribution >= 4 is 11.0 Å². The quantitative estimate of drug-likeness (QED) is 0.680. The number of nitrogens with zero attached hydrogens (tertiary/aromatic N) is 1. The third-order valence-corrected chi connectivity index (χ3v) is 5.25. The van der Waals surface area contributed by atoms with Crippen LogP contribution in [0.25, 0.3) is 22.3 Å². The monoisotopic (exact) mass is 367 g/mol. The van der Waals surface area contributed by atoms with E-state index in [1.165, 1.54) is 25.0 Å². The third kappa shape index (κ3) is 3.23. The van der Waals surface area contributed by atoms with Crippen LogP contribution in [0.15, 0.2) is 45.6 Å². The van der Waals surface area contributed by atoms with Crippen molar-refractivity contribution in [2.24, 2.45) is 0 Å². The van der Waals surface area contributed by atoms with Crippen molar-refractivity contribution in [2.75, 3.05) is 20.2 Å². The first kappa shape index (κ1) is 17.7. The largest absolute Gasteiger partial charge is 0.496 e. The van der Waals surface area contributed by atoms with Gasteiger partial charge in [0.05, 0.1) is 18.1 Å². The summed E-state index contributed by atoms with van der Waals surface area (Å²) in [6, 6.07) is 9.60. The number of fused-ring (bicyclic) bond motifs is 1. The predicted octanol–water partition coefficient (Wildman–Crippen LogP) is 4.51. The van der Waals surface area contributed by atoms with E-state index in [1.807, 2.05) is 6.07 Å². The number of rotatable bonds is 4. The molecule has 1 saturated heterocycles. The molecule has 4 rings (SSSR count). The zero-order valence-electron chi connectivity index (χ0n) is 15.5. The topological polar surface area (TPSA) is 42.7 Å². The highest BCUT2D eigenvalue weighted by Gasteiger charge is 2.21. The van der Waals surface area contributed by atoms with Crippen LogP contribution in [-0.4, -0.2) is 25.1 Å². The van der Waals surface area contributed by atoms with E-state index in [9.17, 15) is 9.18 Å². The van der Waals surface area contributed by atoms with E-state index in [2.05, 4.69) is 4.90 Å². The minimum Gasteiger partial charge on any atom is -0.496 e. The molecule has 0 spiro atoms. The van der Waals surface area contributed by atoms with Crippen LogP contribution < -0.4 is 10.2 Å². The second kappa shape index (κ2) is 7.16. The molecule has 1 fully saturated rings. The fourth-order valence-electron chi connectivity index (χ4n) is 3.77. The van der Waals surface area contributed by atoms with E-state index in [0.29, 0.717) is 40.2 Å². The van der Waals surface area contributed by atoms with Gasteiger partial charge in [-0.1, -0.05) is 0 Å². The molecule has 0 saturated carbocycles. The van der Waals surface area contributed by atoms with Crippen molar-refractivity contribution in [3.8, 4) is 17.1 Å². The summed E-state index contributed by atoms with van der Waals surface area (Å²) in [6.07, 6.45) is 2.36. The lowest BCUT2D eigenvalue weighted by atomic mass is 10.0. The Labute approximate surface area is 157 Å². The minimum atomic E-state index is -0.323. The van der Waals surface area contributed by atoms with Crippen molar-refractivity contribution < 1.29 is 13.5 Å². The van der Waals surface area contributed by atoms with Gasteiger partial charge in [0.15, 0.2) is 5.43 Å². The van der Waals surface area contributed by atoms with Crippen LogP contribution >= 0.6 is 0 Å². The smallest absolute Gasteiger partial charge is 0.196 e. The molecule has 1 aliphatic heterocycles. The van der Waals surface area contributed by atoms with Gasteiger partial charge in [-0.05, 0) is 69.3 Å². The van der Waals surface area contributed by atoms with Crippen LogP contribution in [0.5, 0.6) is 5.75 Å². The molecule has 0 bridgehead atoms. The summed E-state index contributed by atoms with van der Waals surface area (Å²) in [5, 5.41) is 0.549. The zero-order valence-corrected chi connectivity index (χ0v) is 15.5. The van der Waals surface area contributed by atoms with Gasteiger partial charge in [0.25, 0.3) is 0 Å². The lowest BCUT2D eigenvalue weighted by Crippen LogP contribution is -2.19. The summed E-state index contributed by atoms with van der Waals surface area (Å²) in [4.78, 5) is 15.3. The van der Waals surface area contributed by atoms with Crippen molar-refractivity contribution in [3.05, 3.63) is 63.6 Å². The van der Waals surface area contributed by atoms with E-state index in [0.717, 1.165) is 18.7 Å². The molecule has 3 aromatic rings. The number of ether oxygens (including phenoxy) is 1. The Morgan fingerprint density at radius 1 is 1.11 bits per heavy atom. The average Bonchev–Trinajstić information content (AvgIpc) is 3.19. The summed E-state index contributed by atoms with van der Waals surface area (Å²) >= 11 is 0. The standard InChI is InChI=1S/C22H22FNO3/c1-14-20(25)17-9-10-19(26-2)18(13-24-11-3-4-12-24)22(17)27-21(14)15-5-7-16(23)8-6-15/h5-10H,3-4,11-13H2,1-2H3. The molecule has 0 radical (unpaired) electrons. The van der Waals surface area contributed by atoms with Gasteiger partial charge in [-0.15, -0.1) is 0 Å². The molecule has 1 aliphatic rings. The SMILES string of the molecule is COc1ccc2c(=O)c(C)c(-c3ccc(F)cc3)oc2c1CN1CCCC1. The Kier molecular flexibility index (Phi) is 4.70. The number of benzene rings is 2. The summed E-state index contributed by atoms with van der Waals surface area (Å²) in [5.41, 5.74) is 2.57. The Morgan fingerprint density at radius 3 is 2.48 bits per heavy atom. The molecular weight excluding hydrogens is 345 g/mol. The van der Waals surface area contributed by atoms with Crippen LogP contribution in [0, 0.1) is 12.7 Å². The molecule has 0 atom stereocenters. The van der Waals surface area contributed by atoms with Crippen molar-refractivity contribution in [2.45, 2.75) is 26.3 Å². The number of methoxy groups -OCH3 is 1. The summed E-state index contributed by atoms with van der Waals surface area (Å²) in [6.45, 7) is 4.48. The highest BCUT2D eigenvalue weighted by Crippen LogP contribution is 2.33. The van der Waals surface area contributed by atoms with E-state index in [1.54, 1.807) is 32.2 Å². The fourth-order valence-corrected chi connectivity index (χ4v) is 3.77. The molecule has 0 unspecified atom stereocenters. The maximum atomic E-state index is 13.3. The van der Waals surface area contributed by atoms with Gasteiger partial charge in [0.2, 0.25) is 0 Å². The zero-order chi connectivity index (χ0) is 19.0. The lowest BCUT2D eigenvalue weighted by molar-refractivity contribution is 0.320. The molecule has 0 aliphatic carbocycles. The van der Waals surface area contributed by atoms with Crippen LogP contribution in [0.2, 0.25) is 0 Å². The summed E-state index contributed by atoms with van der Waals surface area (Å²) in [7, 11) is 1.63. The van der Waals surface area contributed by atoms with Crippen LogP contribution in [-0.2, 0) is 6.54 Å². The highest BCUT2D eigenvalue weighted by molar-refractivity contribution is 5.85. The van der Waals surface area contributed by atoms with Crippen molar-refractivity contribution in [1.82, 2.24) is 4.90 Å². The van der Waals surface area contributed by atoms with Gasteiger partial charge in [-0.25, -0.2) is 4.39 Å². The van der Waals surface area contributed by atoms with Crippen LogP contribution in [0.4, 0.5) is 4.39 Å². The molecule has 2 aromatic carbocycles. The summed E-state index contributed by atoms with van der Waals surface area (Å²) in [5.74, 6) is 0.866. The van der Waals surface area contributed by atoms with Gasteiger partial charge < -0.3 is 9.15 Å². The Balaban J connectivity index is 1.94. The van der Waals surface area contributed by atoms with E-state index in [4.69, 9.17) is 9.15 Å². The third-order valence-electron chi connectivity index (χ3n) is 5.25. The predicted molar refractivity (Wildman–Crippen MR) is 104 cm³/mol. The molecule has 27 heavy (non-hydrogen) atoms. The van der Waals surface area contributed by atoms with Crippen LogP contribution in [0.1, 0.15) is 24.0 Å². The van der Waals surface area contributed by atoms with Gasteiger partial charge >= 0.3 is 0 Å². The van der Waals surface area contributed by atoms with Gasteiger partial charge in [-0.3, -0.25) is 9.69 Å². The Bertz CT molecular complexity index is 1030.